The molecule has 0 fully saturated rings. The van der Waals surface area contributed by atoms with Gasteiger partial charge in [-0.05, 0) is 31.5 Å². The van der Waals surface area contributed by atoms with Gasteiger partial charge in [-0.3, -0.25) is 4.79 Å². The van der Waals surface area contributed by atoms with E-state index in [1.807, 2.05) is 6.92 Å². The first-order valence-corrected chi connectivity index (χ1v) is 7.86. The lowest BCUT2D eigenvalue weighted by molar-refractivity contribution is 0.102. The lowest BCUT2D eigenvalue weighted by Crippen LogP contribution is -2.12. The van der Waals surface area contributed by atoms with Crippen molar-refractivity contribution in [1.29, 1.82) is 0 Å². The first-order valence-electron chi connectivity index (χ1n) is 7.04. The Balaban J connectivity index is 2.00. The molecule has 0 spiro atoms. The number of aromatic nitrogens is 2. The number of halogens is 1. The van der Waals surface area contributed by atoms with Crippen LogP contribution in [0.1, 0.15) is 22.2 Å². The lowest BCUT2D eigenvalue weighted by Gasteiger charge is -2.06. The van der Waals surface area contributed by atoms with Crippen LogP contribution in [-0.4, -0.2) is 22.5 Å². The Bertz CT molecular complexity index is 879. The summed E-state index contributed by atoms with van der Waals surface area (Å²) >= 11 is 1.23. The van der Waals surface area contributed by atoms with Gasteiger partial charge in [0.15, 0.2) is 0 Å². The number of carbonyl (C=O) groups is 1. The maximum absolute atomic E-state index is 13.7. The van der Waals surface area contributed by atoms with Gasteiger partial charge < -0.3 is 10.1 Å². The van der Waals surface area contributed by atoms with Crippen LogP contribution in [0.2, 0.25) is 0 Å². The number of nitrogens with one attached hydrogen (secondary N) is 1. The van der Waals surface area contributed by atoms with E-state index in [1.54, 1.807) is 19.1 Å². The van der Waals surface area contributed by atoms with Crippen LogP contribution in [0, 0.1) is 12.7 Å². The summed E-state index contributed by atoms with van der Waals surface area (Å²) in [6.45, 7) is 4.14. The summed E-state index contributed by atoms with van der Waals surface area (Å²) in [4.78, 5) is 21.9. The molecule has 118 valence electrons. The van der Waals surface area contributed by atoms with Crippen LogP contribution in [0.3, 0.4) is 0 Å². The number of nitrogens with zero attached hydrogens (tertiary/aromatic N) is 2. The lowest BCUT2D eigenvalue weighted by atomic mass is 10.2. The second-order valence-electron chi connectivity index (χ2n) is 4.78. The van der Waals surface area contributed by atoms with Crippen molar-refractivity contribution in [2.45, 2.75) is 13.8 Å². The zero-order chi connectivity index (χ0) is 16.4. The number of anilines is 1. The van der Waals surface area contributed by atoms with Crippen molar-refractivity contribution in [3.8, 4) is 5.88 Å². The second-order valence-corrected chi connectivity index (χ2v) is 5.78. The number of aryl methyl sites for hydroxylation is 1. The molecule has 5 nitrogen and oxygen atoms in total. The highest BCUT2D eigenvalue weighted by Gasteiger charge is 2.20. The minimum Gasteiger partial charge on any atom is -0.477 e. The Labute approximate surface area is 136 Å². The minimum absolute atomic E-state index is 0.144. The predicted molar refractivity (Wildman–Crippen MR) is 87.7 cm³/mol. The van der Waals surface area contributed by atoms with E-state index in [-0.39, 0.29) is 11.6 Å². The second kappa shape index (κ2) is 6.29. The van der Waals surface area contributed by atoms with Gasteiger partial charge in [-0.1, -0.05) is 12.1 Å². The van der Waals surface area contributed by atoms with Crippen molar-refractivity contribution in [1.82, 2.24) is 9.97 Å². The fraction of sp³-hybridized carbons (Fsp3) is 0.188. The van der Waals surface area contributed by atoms with Crippen LogP contribution in [-0.2, 0) is 0 Å². The van der Waals surface area contributed by atoms with E-state index in [4.69, 9.17) is 4.74 Å². The molecule has 0 aliphatic heterocycles. The number of fused-ring (bicyclic) bond motifs is 1. The molecule has 1 amide bonds. The van der Waals surface area contributed by atoms with Crippen molar-refractivity contribution in [3.05, 3.63) is 46.9 Å². The summed E-state index contributed by atoms with van der Waals surface area (Å²) < 4.78 is 19.2. The average molecular weight is 331 g/mol. The first kappa shape index (κ1) is 15.4. The van der Waals surface area contributed by atoms with Crippen molar-refractivity contribution < 1.29 is 13.9 Å². The summed E-state index contributed by atoms with van der Waals surface area (Å²) in [5.74, 6) is -0.399. The summed E-state index contributed by atoms with van der Waals surface area (Å²) in [6, 6.07) is 6.04. The van der Waals surface area contributed by atoms with Crippen molar-refractivity contribution in [2.75, 3.05) is 11.9 Å². The Kier molecular flexibility index (Phi) is 4.20. The maximum Gasteiger partial charge on any atom is 0.266 e. The van der Waals surface area contributed by atoms with Gasteiger partial charge in [-0.25, -0.2) is 14.4 Å². The highest BCUT2D eigenvalue weighted by molar-refractivity contribution is 7.20. The molecule has 0 aliphatic rings. The van der Waals surface area contributed by atoms with E-state index in [0.717, 1.165) is 10.9 Å². The molecule has 0 radical (unpaired) electrons. The van der Waals surface area contributed by atoms with Crippen molar-refractivity contribution in [2.24, 2.45) is 0 Å². The molecule has 1 N–H and O–H groups in total. The SMILES string of the molecule is CCOc1ncnc2sc(C(=O)Nc3ccccc3F)c(C)c12. The fourth-order valence-electron chi connectivity index (χ4n) is 2.24. The van der Waals surface area contributed by atoms with E-state index in [1.165, 1.54) is 29.8 Å². The Morgan fingerprint density at radius 1 is 1.35 bits per heavy atom. The van der Waals surface area contributed by atoms with Gasteiger partial charge in [0.1, 0.15) is 17.0 Å². The largest absolute Gasteiger partial charge is 0.477 e. The molecule has 0 saturated carbocycles. The molecule has 0 bridgehead atoms. The first-order chi connectivity index (χ1) is 11.1. The Morgan fingerprint density at radius 2 is 2.13 bits per heavy atom. The van der Waals surface area contributed by atoms with Gasteiger partial charge in [0.05, 0.1) is 22.6 Å². The van der Waals surface area contributed by atoms with E-state index in [2.05, 4.69) is 15.3 Å². The van der Waals surface area contributed by atoms with Gasteiger partial charge in [0.25, 0.3) is 5.91 Å². The van der Waals surface area contributed by atoms with Crippen LogP contribution in [0.5, 0.6) is 5.88 Å². The molecule has 3 rings (SSSR count). The predicted octanol–water partition coefficient (Wildman–Crippen LogP) is 3.79. The molecular weight excluding hydrogens is 317 g/mol. The number of amides is 1. The number of para-hydroxylation sites is 1. The van der Waals surface area contributed by atoms with Gasteiger partial charge in [-0.2, -0.15) is 0 Å². The molecule has 2 heterocycles. The number of carbonyl (C=O) groups excluding carboxylic acids is 1. The summed E-state index contributed by atoms with van der Waals surface area (Å²) in [5.41, 5.74) is 0.869. The van der Waals surface area contributed by atoms with Crippen LogP contribution < -0.4 is 10.1 Å². The number of ether oxygens (including phenoxy) is 1. The third-order valence-electron chi connectivity index (χ3n) is 3.30. The topological polar surface area (TPSA) is 64.1 Å². The normalized spacial score (nSPS) is 10.7. The third-order valence-corrected chi connectivity index (χ3v) is 4.50. The smallest absolute Gasteiger partial charge is 0.266 e. The molecular formula is C16H14FN3O2S. The quantitative estimate of drug-likeness (QED) is 0.790. The highest BCUT2D eigenvalue weighted by Crippen LogP contribution is 2.34. The zero-order valence-corrected chi connectivity index (χ0v) is 13.4. The third kappa shape index (κ3) is 2.87. The fourth-order valence-corrected chi connectivity index (χ4v) is 3.28. The maximum atomic E-state index is 13.7. The molecule has 0 saturated heterocycles. The number of benzene rings is 1. The van der Waals surface area contributed by atoms with Crippen molar-refractivity contribution >= 4 is 33.1 Å². The van der Waals surface area contributed by atoms with Gasteiger partial charge >= 0.3 is 0 Å². The van der Waals surface area contributed by atoms with Crippen LogP contribution >= 0.6 is 11.3 Å². The van der Waals surface area contributed by atoms with E-state index < -0.39 is 5.82 Å². The molecule has 7 heteroatoms. The van der Waals surface area contributed by atoms with E-state index >= 15 is 0 Å². The molecule has 3 aromatic rings. The number of thiophene rings is 1. The van der Waals surface area contributed by atoms with E-state index in [0.29, 0.717) is 22.2 Å². The number of hydrogen-bond donors (Lipinski definition) is 1. The molecule has 2 aromatic heterocycles. The summed E-state index contributed by atoms with van der Waals surface area (Å²) in [5, 5.41) is 3.31. The monoisotopic (exact) mass is 331 g/mol. The molecule has 1 aromatic carbocycles. The Hall–Kier alpha value is -2.54. The van der Waals surface area contributed by atoms with Gasteiger partial charge in [0.2, 0.25) is 5.88 Å². The number of hydrogen-bond acceptors (Lipinski definition) is 5. The Morgan fingerprint density at radius 3 is 2.87 bits per heavy atom. The van der Waals surface area contributed by atoms with Crippen LogP contribution in [0.15, 0.2) is 30.6 Å². The zero-order valence-electron chi connectivity index (χ0n) is 12.6. The minimum atomic E-state index is -0.477. The summed E-state index contributed by atoms with van der Waals surface area (Å²) in [6.07, 6.45) is 1.40. The average Bonchev–Trinajstić information content (AvgIpc) is 2.88. The van der Waals surface area contributed by atoms with Crippen LogP contribution in [0.4, 0.5) is 10.1 Å². The molecule has 23 heavy (non-hydrogen) atoms. The van der Waals surface area contributed by atoms with Crippen molar-refractivity contribution in [3.63, 3.8) is 0 Å². The standard InChI is InChI=1S/C16H14FN3O2S/c1-3-22-15-12-9(2)13(23-16(12)19-8-18-15)14(21)20-11-7-5-4-6-10(11)17/h4-8H,3H2,1-2H3,(H,20,21). The van der Waals surface area contributed by atoms with E-state index in [9.17, 15) is 9.18 Å². The van der Waals surface area contributed by atoms with Gasteiger partial charge in [0, 0.05) is 0 Å². The summed E-state index contributed by atoms with van der Waals surface area (Å²) in [7, 11) is 0. The molecule has 0 aliphatic carbocycles. The highest BCUT2D eigenvalue weighted by atomic mass is 32.1. The van der Waals surface area contributed by atoms with Crippen LogP contribution in [0.25, 0.3) is 10.2 Å². The van der Waals surface area contributed by atoms with Gasteiger partial charge in [-0.15, -0.1) is 11.3 Å². The number of rotatable bonds is 4. The molecule has 0 unspecified atom stereocenters. The molecule has 0 atom stereocenters.